The second-order valence-corrected chi connectivity index (χ2v) is 5.81. The van der Waals surface area contributed by atoms with Crippen molar-refractivity contribution in [3.8, 4) is 0 Å². The van der Waals surface area contributed by atoms with E-state index >= 15 is 0 Å². The van der Waals surface area contributed by atoms with E-state index in [1.54, 1.807) is 13.0 Å². The lowest BCUT2D eigenvalue weighted by molar-refractivity contribution is 0.0696. The monoisotopic (exact) mass is 292 g/mol. The van der Waals surface area contributed by atoms with Crippen LogP contribution in [0.3, 0.4) is 0 Å². The first-order valence-electron chi connectivity index (χ1n) is 5.67. The van der Waals surface area contributed by atoms with Gasteiger partial charge in [0.05, 0.1) is 5.56 Å². The molecule has 0 aliphatic rings. The molecule has 6 nitrogen and oxygen atoms in total. The van der Waals surface area contributed by atoms with E-state index in [1.165, 1.54) is 36.7 Å². The average Bonchev–Trinajstić information content (AvgIpc) is 2.41. The molecule has 7 heteroatoms. The second kappa shape index (κ2) is 5.30. The molecule has 0 aliphatic heterocycles. The van der Waals surface area contributed by atoms with Gasteiger partial charge in [-0.1, -0.05) is 6.07 Å². The molecular formula is C13H12N2O4S. The largest absolute Gasteiger partial charge is 0.478 e. The zero-order chi connectivity index (χ0) is 14.8. The van der Waals surface area contributed by atoms with E-state index in [4.69, 9.17) is 5.11 Å². The smallest absolute Gasteiger partial charge is 0.336 e. The SMILES string of the molecule is Cc1ccc(NS(=O)(=O)c2cccnc2)cc1C(=O)O. The number of hydrogen-bond donors (Lipinski definition) is 2. The summed E-state index contributed by atoms with van der Waals surface area (Å²) >= 11 is 0. The van der Waals surface area contributed by atoms with Gasteiger partial charge in [-0.25, -0.2) is 13.2 Å². The lowest BCUT2D eigenvalue weighted by atomic mass is 10.1. The summed E-state index contributed by atoms with van der Waals surface area (Å²) in [6, 6.07) is 7.25. The van der Waals surface area contributed by atoms with Crippen LogP contribution in [0.5, 0.6) is 0 Å². The molecule has 0 radical (unpaired) electrons. The predicted molar refractivity (Wildman–Crippen MR) is 73.2 cm³/mol. The van der Waals surface area contributed by atoms with E-state index in [1.807, 2.05) is 0 Å². The Balaban J connectivity index is 2.36. The summed E-state index contributed by atoms with van der Waals surface area (Å²) in [7, 11) is -3.77. The van der Waals surface area contributed by atoms with E-state index in [0.29, 0.717) is 5.56 Å². The highest BCUT2D eigenvalue weighted by Gasteiger charge is 2.15. The van der Waals surface area contributed by atoms with Crippen LogP contribution in [0.1, 0.15) is 15.9 Å². The summed E-state index contributed by atoms with van der Waals surface area (Å²) in [5, 5.41) is 9.02. The maximum absolute atomic E-state index is 12.1. The van der Waals surface area contributed by atoms with Gasteiger partial charge in [0, 0.05) is 18.1 Å². The Labute approximate surface area is 116 Å². The van der Waals surface area contributed by atoms with Crippen molar-refractivity contribution in [3.63, 3.8) is 0 Å². The van der Waals surface area contributed by atoms with Gasteiger partial charge in [-0.2, -0.15) is 0 Å². The van der Waals surface area contributed by atoms with E-state index in [2.05, 4.69) is 9.71 Å². The summed E-state index contributed by atoms with van der Waals surface area (Å²) in [5.41, 5.74) is 0.801. The van der Waals surface area contributed by atoms with Crippen molar-refractivity contribution in [1.29, 1.82) is 0 Å². The number of aromatic carboxylic acids is 1. The van der Waals surface area contributed by atoms with Crippen molar-refractivity contribution in [3.05, 3.63) is 53.9 Å². The molecule has 0 unspecified atom stereocenters. The zero-order valence-corrected chi connectivity index (χ0v) is 11.4. The molecule has 0 fully saturated rings. The van der Waals surface area contributed by atoms with Crippen LogP contribution < -0.4 is 4.72 Å². The number of benzene rings is 1. The molecule has 1 aromatic carbocycles. The molecule has 0 bridgehead atoms. The number of nitrogens with one attached hydrogen (secondary N) is 1. The van der Waals surface area contributed by atoms with Crippen LogP contribution >= 0.6 is 0 Å². The van der Waals surface area contributed by atoms with Gasteiger partial charge in [0.1, 0.15) is 4.90 Å². The average molecular weight is 292 g/mol. The van der Waals surface area contributed by atoms with Gasteiger partial charge in [0.2, 0.25) is 0 Å². The molecule has 104 valence electrons. The topological polar surface area (TPSA) is 96.4 Å². The van der Waals surface area contributed by atoms with Crippen LogP contribution in [0.2, 0.25) is 0 Å². The van der Waals surface area contributed by atoms with Crippen LogP contribution in [0, 0.1) is 6.92 Å². The predicted octanol–water partition coefficient (Wildman–Crippen LogP) is 1.89. The third-order valence-corrected chi connectivity index (χ3v) is 4.03. The Morgan fingerprint density at radius 3 is 2.65 bits per heavy atom. The number of pyridine rings is 1. The molecule has 0 amide bonds. The van der Waals surface area contributed by atoms with Gasteiger partial charge in [-0.3, -0.25) is 9.71 Å². The molecule has 2 aromatic rings. The first-order valence-corrected chi connectivity index (χ1v) is 7.15. The molecule has 0 aliphatic carbocycles. The van der Waals surface area contributed by atoms with E-state index in [-0.39, 0.29) is 16.1 Å². The first kappa shape index (κ1) is 14.0. The molecule has 1 aromatic heterocycles. The highest BCUT2D eigenvalue weighted by Crippen LogP contribution is 2.19. The van der Waals surface area contributed by atoms with E-state index < -0.39 is 16.0 Å². The molecule has 0 saturated heterocycles. The number of sulfonamides is 1. The zero-order valence-electron chi connectivity index (χ0n) is 10.6. The van der Waals surface area contributed by atoms with Crippen LogP contribution in [0.25, 0.3) is 0 Å². The molecule has 0 saturated carbocycles. The van der Waals surface area contributed by atoms with Gasteiger partial charge in [-0.05, 0) is 36.8 Å². The minimum Gasteiger partial charge on any atom is -0.478 e. The van der Waals surface area contributed by atoms with Crippen molar-refractivity contribution >= 4 is 21.7 Å². The lowest BCUT2D eigenvalue weighted by Crippen LogP contribution is -2.13. The maximum Gasteiger partial charge on any atom is 0.336 e. The van der Waals surface area contributed by atoms with Crippen LogP contribution in [-0.4, -0.2) is 24.5 Å². The number of aromatic nitrogens is 1. The van der Waals surface area contributed by atoms with Crippen LogP contribution in [0.15, 0.2) is 47.6 Å². The number of hydrogen-bond acceptors (Lipinski definition) is 4. The number of carboxylic acids is 1. The Morgan fingerprint density at radius 1 is 1.30 bits per heavy atom. The van der Waals surface area contributed by atoms with Gasteiger partial charge in [0.25, 0.3) is 10.0 Å². The Morgan fingerprint density at radius 2 is 2.05 bits per heavy atom. The maximum atomic E-state index is 12.1. The lowest BCUT2D eigenvalue weighted by Gasteiger charge is -2.09. The summed E-state index contributed by atoms with van der Waals surface area (Å²) in [4.78, 5) is 14.8. The number of carbonyl (C=O) groups is 1. The summed E-state index contributed by atoms with van der Waals surface area (Å²) in [5.74, 6) is -1.11. The molecule has 20 heavy (non-hydrogen) atoms. The number of carboxylic acid groups (broad SMARTS) is 1. The first-order chi connectivity index (χ1) is 9.40. The minimum atomic E-state index is -3.77. The van der Waals surface area contributed by atoms with E-state index in [9.17, 15) is 13.2 Å². The van der Waals surface area contributed by atoms with E-state index in [0.717, 1.165) is 0 Å². The Hall–Kier alpha value is -2.41. The van der Waals surface area contributed by atoms with Crippen molar-refractivity contribution < 1.29 is 18.3 Å². The highest BCUT2D eigenvalue weighted by atomic mass is 32.2. The fourth-order valence-electron chi connectivity index (χ4n) is 1.64. The van der Waals surface area contributed by atoms with Gasteiger partial charge < -0.3 is 5.11 Å². The molecule has 2 rings (SSSR count). The summed E-state index contributed by atoms with van der Waals surface area (Å²) < 4.78 is 26.5. The highest BCUT2D eigenvalue weighted by molar-refractivity contribution is 7.92. The normalized spacial score (nSPS) is 11.1. The molecular weight excluding hydrogens is 280 g/mol. The van der Waals surface area contributed by atoms with Gasteiger partial charge in [0.15, 0.2) is 0 Å². The fraction of sp³-hybridized carbons (Fsp3) is 0.0769. The standard InChI is InChI=1S/C13H12N2O4S/c1-9-4-5-10(7-12(9)13(16)17)15-20(18,19)11-3-2-6-14-8-11/h2-8,15H,1H3,(H,16,17). The van der Waals surface area contributed by atoms with Crippen LogP contribution in [0.4, 0.5) is 5.69 Å². The Bertz CT molecular complexity index is 742. The summed E-state index contributed by atoms with van der Waals surface area (Å²) in [6.45, 7) is 1.64. The third kappa shape index (κ3) is 2.94. The van der Waals surface area contributed by atoms with Gasteiger partial charge >= 0.3 is 5.97 Å². The molecule has 1 heterocycles. The third-order valence-electron chi connectivity index (χ3n) is 2.66. The quantitative estimate of drug-likeness (QED) is 0.897. The number of anilines is 1. The Kier molecular flexibility index (Phi) is 3.71. The number of nitrogens with zero attached hydrogens (tertiary/aromatic N) is 1. The fourth-order valence-corrected chi connectivity index (χ4v) is 2.65. The van der Waals surface area contributed by atoms with Crippen molar-refractivity contribution in [2.75, 3.05) is 4.72 Å². The van der Waals surface area contributed by atoms with Crippen molar-refractivity contribution in [2.45, 2.75) is 11.8 Å². The number of rotatable bonds is 4. The van der Waals surface area contributed by atoms with Crippen molar-refractivity contribution in [2.24, 2.45) is 0 Å². The second-order valence-electron chi connectivity index (χ2n) is 4.13. The van der Waals surface area contributed by atoms with Crippen molar-refractivity contribution in [1.82, 2.24) is 4.98 Å². The van der Waals surface area contributed by atoms with Crippen LogP contribution in [-0.2, 0) is 10.0 Å². The molecule has 0 spiro atoms. The molecule has 0 atom stereocenters. The van der Waals surface area contributed by atoms with Gasteiger partial charge in [-0.15, -0.1) is 0 Å². The molecule has 2 N–H and O–H groups in total. The summed E-state index contributed by atoms with van der Waals surface area (Å²) in [6.07, 6.45) is 2.68. The minimum absolute atomic E-state index is 0.0115. The number of aryl methyl sites for hydroxylation is 1.